The topological polar surface area (TPSA) is 74.3 Å². The van der Waals surface area contributed by atoms with E-state index in [2.05, 4.69) is 6.58 Å². The standard InChI is InChI=1S/C30H28N2O4/c1-4-14-32-19(2)16-25(20(32)3)27(33)18-36-30(34)28-23-11-5-6-13-26(23)31-29-21(9-7-12-24(28)29)17-22-10-8-15-35-22/h4-6,8,10-11,13,15-17H,1,7,9,12,14,18H2,2-3H3. The number of hydrogen-bond acceptors (Lipinski definition) is 5. The van der Waals surface area contributed by atoms with E-state index in [4.69, 9.17) is 14.1 Å². The Morgan fingerprint density at radius 1 is 1.17 bits per heavy atom. The fourth-order valence-electron chi connectivity index (χ4n) is 5.03. The number of rotatable bonds is 7. The van der Waals surface area contributed by atoms with Crippen molar-refractivity contribution in [1.29, 1.82) is 0 Å². The van der Waals surface area contributed by atoms with Crippen LogP contribution in [-0.2, 0) is 17.7 Å². The van der Waals surface area contributed by atoms with Crippen LogP contribution in [0.1, 0.15) is 62.0 Å². The molecule has 36 heavy (non-hydrogen) atoms. The zero-order chi connectivity index (χ0) is 25.2. The molecule has 1 aliphatic carbocycles. The number of pyridine rings is 1. The van der Waals surface area contributed by atoms with Gasteiger partial charge in [0.05, 0.1) is 23.0 Å². The van der Waals surface area contributed by atoms with E-state index in [-0.39, 0.29) is 12.4 Å². The number of fused-ring (bicyclic) bond motifs is 2. The summed E-state index contributed by atoms with van der Waals surface area (Å²) in [4.78, 5) is 31.4. The number of hydrogen-bond donors (Lipinski definition) is 0. The molecule has 0 radical (unpaired) electrons. The zero-order valence-corrected chi connectivity index (χ0v) is 20.5. The van der Waals surface area contributed by atoms with Crippen molar-refractivity contribution in [2.45, 2.75) is 39.7 Å². The Balaban J connectivity index is 1.49. The highest BCUT2D eigenvalue weighted by Crippen LogP contribution is 2.36. The van der Waals surface area contributed by atoms with Crippen molar-refractivity contribution < 1.29 is 18.7 Å². The summed E-state index contributed by atoms with van der Waals surface area (Å²) in [5, 5.41) is 0.733. The Hall–Kier alpha value is -4.19. The lowest BCUT2D eigenvalue weighted by Gasteiger charge is -2.22. The van der Waals surface area contributed by atoms with Crippen LogP contribution in [-0.4, -0.2) is 27.9 Å². The van der Waals surface area contributed by atoms with Crippen LogP contribution in [0.4, 0.5) is 0 Å². The number of aromatic nitrogens is 2. The number of carbonyl (C=O) groups is 2. The molecule has 0 saturated carbocycles. The number of ketones is 1. The molecule has 0 saturated heterocycles. The number of furan rings is 1. The lowest BCUT2D eigenvalue weighted by Crippen LogP contribution is -2.19. The second-order valence-corrected chi connectivity index (χ2v) is 9.05. The lowest BCUT2D eigenvalue weighted by molar-refractivity contribution is 0.0475. The molecule has 0 aliphatic heterocycles. The number of ether oxygens (including phenoxy) is 1. The van der Waals surface area contributed by atoms with Gasteiger partial charge in [-0.1, -0.05) is 24.3 Å². The van der Waals surface area contributed by atoms with E-state index in [9.17, 15) is 9.59 Å². The molecule has 1 aliphatic rings. The Bertz CT molecular complexity index is 1510. The predicted molar refractivity (Wildman–Crippen MR) is 140 cm³/mol. The molecule has 0 amide bonds. The molecular formula is C30H28N2O4. The summed E-state index contributed by atoms with van der Waals surface area (Å²) in [5.41, 5.74) is 6.26. The largest absolute Gasteiger partial charge is 0.465 e. The maximum atomic E-state index is 13.5. The molecule has 4 aromatic rings. The lowest BCUT2D eigenvalue weighted by atomic mass is 9.86. The maximum absolute atomic E-state index is 13.5. The molecule has 0 bridgehead atoms. The van der Waals surface area contributed by atoms with Crippen LogP contribution in [0.15, 0.2) is 65.8 Å². The summed E-state index contributed by atoms with van der Waals surface area (Å²) < 4.78 is 13.2. The third-order valence-corrected chi connectivity index (χ3v) is 6.75. The first-order chi connectivity index (χ1) is 17.5. The van der Waals surface area contributed by atoms with Crippen LogP contribution in [0, 0.1) is 13.8 Å². The zero-order valence-electron chi connectivity index (χ0n) is 20.5. The van der Waals surface area contributed by atoms with E-state index >= 15 is 0 Å². The third kappa shape index (κ3) is 4.31. The molecule has 0 unspecified atom stereocenters. The van der Waals surface area contributed by atoms with Crippen molar-refractivity contribution in [3.63, 3.8) is 0 Å². The second-order valence-electron chi connectivity index (χ2n) is 9.05. The fraction of sp³-hybridized carbons (Fsp3) is 0.233. The summed E-state index contributed by atoms with van der Waals surface area (Å²) >= 11 is 0. The van der Waals surface area contributed by atoms with Gasteiger partial charge in [-0.25, -0.2) is 9.78 Å². The van der Waals surface area contributed by atoms with Crippen molar-refractivity contribution in [2.24, 2.45) is 0 Å². The van der Waals surface area contributed by atoms with Crippen LogP contribution in [0.25, 0.3) is 22.6 Å². The minimum absolute atomic E-state index is 0.225. The maximum Gasteiger partial charge on any atom is 0.339 e. The average molecular weight is 481 g/mol. The summed E-state index contributed by atoms with van der Waals surface area (Å²) in [7, 11) is 0. The van der Waals surface area contributed by atoms with Gasteiger partial charge in [0, 0.05) is 28.9 Å². The number of esters is 1. The molecule has 1 aromatic carbocycles. The number of para-hydroxylation sites is 1. The Morgan fingerprint density at radius 2 is 2.00 bits per heavy atom. The molecular weight excluding hydrogens is 452 g/mol. The van der Waals surface area contributed by atoms with E-state index in [0.717, 1.165) is 57.7 Å². The van der Waals surface area contributed by atoms with Gasteiger partial charge in [0.15, 0.2) is 6.61 Å². The van der Waals surface area contributed by atoms with Crippen LogP contribution >= 0.6 is 0 Å². The van der Waals surface area contributed by atoms with Gasteiger partial charge in [0.1, 0.15) is 5.76 Å². The Labute approximate surface area is 209 Å². The summed E-state index contributed by atoms with van der Waals surface area (Å²) in [6.45, 7) is 7.92. The van der Waals surface area contributed by atoms with E-state index < -0.39 is 5.97 Å². The number of benzene rings is 1. The SMILES string of the molecule is C=CCn1c(C)cc(C(=O)COC(=O)c2c3c(nc4ccccc24)C(=Cc2ccco2)CCC3)c1C. The minimum atomic E-state index is -0.502. The van der Waals surface area contributed by atoms with Crippen LogP contribution < -0.4 is 0 Å². The van der Waals surface area contributed by atoms with Gasteiger partial charge in [0.25, 0.3) is 0 Å². The van der Waals surface area contributed by atoms with Gasteiger partial charge in [-0.3, -0.25) is 4.79 Å². The molecule has 182 valence electrons. The predicted octanol–water partition coefficient (Wildman–Crippen LogP) is 6.35. The molecule has 6 nitrogen and oxygen atoms in total. The average Bonchev–Trinajstić information content (AvgIpc) is 3.49. The van der Waals surface area contributed by atoms with Gasteiger partial charge in [-0.15, -0.1) is 6.58 Å². The molecule has 3 aromatic heterocycles. The van der Waals surface area contributed by atoms with Crippen molar-refractivity contribution in [3.8, 4) is 0 Å². The fourth-order valence-corrected chi connectivity index (χ4v) is 5.03. The Morgan fingerprint density at radius 3 is 2.78 bits per heavy atom. The number of Topliss-reactive ketones (excluding diaryl/α,β-unsaturated/α-hetero) is 1. The number of aryl methyl sites for hydroxylation is 1. The van der Waals surface area contributed by atoms with E-state index in [0.29, 0.717) is 24.1 Å². The van der Waals surface area contributed by atoms with E-state index in [1.165, 1.54) is 0 Å². The van der Waals surface area contributed by atoms with Gasteiger partial charge >= 0.3 is 5.97 Å². The van der Waals surface area contributed by atoms with Crippen LogP contribution in [0.5, 0.6) is 0 Å². The van der Waals surface area contributed by atoms with Gasteiger partial charge < -0.3 is 13.7 Å². The van der Waals surface area contributed by atoms with E-state index in [1.807, 2.05) is 67.0 Å². The number of allylic oxidation sites excluding steroid dienone is 2. The highest BCUT2D eigenvalue weighted by molar-refractivity contribution is 6.08. The molecule has 0 atom stereocenters. The minimum Gasteiger partial charge on any atom is -0.465 e. The molecule has 6 heteroatoms. The summed E-state index contributed by atoms with van der Waals surface area (Å²) in [6.07, 6.45) is 7.85. The molecule has 5 rings (SSSR count). The highest BCUT2D eigenvalue weighted by Gasteiger charge is 2.27. The highest BCUT2D eigenvalue weighted by atomic mass is 16.5. The molecule has 3 heterocycles. The summed E-state index contributed by atoms with van der Waals surface area (Å²) in [5.74, 6) is 0.0197. The smallest absolute Gasteiger partial charge is 0.339 e. The van der Waals surface area contributed by atoms with Crippen molar-refractivity contribution in [1.82, 2.24) is 9.55 Å². The first-order valence-corrected chi connectivity index (χ1v) is 12.1. The molecule has 0 fully saturated rings. The summed E-state index contributed by atoms with van der Waals surface area (Å²) in [6, 6.07) is 13.1. The monoisotopic (exact) mass is 480 g/mol. The van der Waals surface area contributed by atoms with Gasteiger partial charge in [-0.2, -0.15) is 0 Å². The van der Waals surface area contributed by atoms with Crippen LogP contribution in [0.2, 0.25) is 0 Å². The first-order valence-electron chi connectivity index (χ1n) is 12.1. The molecule has 0 spiro atoms. The Kier molecular flexibility index (Phi) is 6.42. The number of carbonyl (C=O) groups excluding carboxylic acids is 2. The molecule has 0 N–H and O–H groups in total. The van der Waals surface area contributed by atoms with Crippen LogP contribution in [0.3, 0.4) is 0 Å². The van der Waals surface area contributed by atoms with E-state index in [1.54, 1.807) is 12.3 Å². The normalized spacial score (nSPS) is 14.1. The third-order valence-electron chi connectivity index (χ3n) is 6.75. The number of nitrogens with zero attached hydrogens (tertiary/aromatic N) is 2. The second kappa shape index (κ2) is 9.82. The van der Waals surface area contributed by atoms with Crippen molar-refractivity contribution in [3.05, 3.63) is 101 Å². The van der Waals surface area contributed by atoms with Crippen molar-refractivity contribution >= 4 is 34.3 Å². The van der Waals surface area contributed by atoms with Gasteiger partial charge in [-0.05, 0) is 74.6 Å². The quantitative estimate of drug-likeness (QED) is 0.175. The van der Waals surface area contributed by atoms with Gasteiger partial charge in [0.2, 0.25) is 5.78 Å². The van der Waals surface area contributed by atoms with Crippen molar-refractivity contribution in [2.75, 3.05) is 6.61 Å². The first kappa shape index (κ1) is 23.5.